The van der Waals surface area contributed by atoms with Crippen LogP contribution in [0.4, 0.5) is 0 Å². The second kappa shape index (κ2) is 7.08. The number of halogens is 1. The zero-order chi connectivity index (χ0) is 14.6. The second-order valence-electron chi connectivity index (χ2n) is 5.72. The van der Waals surface area contributed by atoms with Crippen LogP contribution in [0.15, 0.2) is 30.3 Å². The van der Waals surface area contributed by atoms with Gasteiger partial charge in [0.15, 0.2) is 0 Å². The van der Waals surface area contributed by atoms with E-state index in [1.165, 1.54) is 12.0 Å². The first-order valence-corrected chi connectivity index (χ1v) is 10.1. The number of alkyl halides is 1. The van der Waals surface area contributed by atoms with Gasteiger partial charge in [-0.1, -0.05) is 53.2 Å². The average molecular weight is 359 g/mol. The molecular formula is C16H23BrO2S. The van der Waals surface area contributed by atoms with Gasteiger partial charge in [-0.15, -0.1) is 0 Å². The Balaban J connectivity index is 1.98. The van der Waals surface area contributed by atoms with E-state index in [1.807, 2.05) is 6.07 Å². The maximum atomic E-state index is 11.7. The molecule has 20 heavy (non-hydrogen) atoms. The van der Waals surface area contributed by atoms with Gasteiger partial charge in [-0.2, -0.15) is 0 Å². The van der Waals surface area contributed by atoms with Gasteiger partial charge in [0, 0.05) is 10.6 Å². The zero-order valence-electron chi connectivity index (χ0n) is 12.0. The molecule has 1 aliphatic rings. The highest BCUT2D eigenvalue weighted by atomic mass is 79.9. The molecule has 3 atom stereocenters. The van der Waals surface area contributed by atoms with E-state index in [4.69, 9.17) is 0 Å². The molecule has 0 spiro atoms. The highest BCUT2D eigenvalue weighted by Crippen LogP contribution is 2.40. The van der Waals surface area contributed by atoms with Crippen molar-refractivity contribution in [2.24, 2.45) is 5.92 Å². The van der Waals surface area contributed by atoms with Crippen LogP contribution in [0.25, 0.3) is 0 Å². The van der Waals surface area contributed by atoms with Crippen LogP contribution in [-0.4, -0.2) is 24.8 Å². The molecule has 0 N–H and O–H groups in total. The molecule has 4 heteroatoms. The lowest BCUT2D eigenvalue weighted by Gasteiger charge is -2.33. The molecule has 0 amide bonds. The number of hydrogen-bond donors (Lipinski definition) is 0. The molecule has 1 aromatic carbocycles. The van der Waals surface area contributed by atoms with E-state index in [0.29, 0.717) is 22.4 Å². The summed E-state index contributed by atoms with van der Waals surface area (Å²) >= 11 is 3.75. The molecular weight excluding hydrogens is 336 g/mol. The topological polar surface area (TPSA) is 34.1 Å². The van der Waals surface area contributed by atoms with E-state index in [2.05, 4.69) is 40.2 Å². The van der Waals surface area contributed by atoms with Crippen molar-refractivity contribution in [2.75, 3.05) is 11.5 Å². The van der Waals surface area contributed by atoms with Crippen LogP contribution in [0, 0.1) is 5.92 Å². The maximum Gasteiger partial charge on any atom is 0.150 e. The fraction of sp³-hybridized carbons (Fsp3) is 0.625. The van der Waals surface area contributed by atoms with Gasteiger partial charge in [0.2, 0.25) is 0 Å². The lowest BCUT2D eigenvalue weighted by Crippen LogP contribution is -2.26. The molecule has 1 saturated carbocycles. The van der Waals surface area contributed by atoms with E-state index < -0.39 is 9.84 Å². The van der Waals surface area contributed by atoms with Crippen molar-refractivity contribution >= 4 is 25.8 Å². The van der Waals surface area contributed by atoms with Crippen molar-refractivity contribution in [3.63, 3.8) is 0 Å². The zero-order valence-corrected chi connectivity index (χ0v) is 14.4. The van der Waals surface area contributed by atoms with Gasteiger partial charge in [-0.25, -0.2) is 8.42 Å². The maximum absolute atomic E-state index is 11.7. The average Bonchev–Trinajstić information content (AvgIpc) is 2.47. The quantitative estimate of drug-likeness (QED) is 0.740. The van der Waals surface area contributed by atoms with Crippen molar-refractivity contribution in [1.29, 1.82) is 0 Å². The highest BCUT2D eigenvalue weighted by molar-refractivity contribution is 9.09. The predicted molar refractivity (Wildman–Crippen MR) is 88.2 cm³/mol. The molecule has 2 rings (SSSR count). The Morgan fingerprint density at radius 2 is 1.90 bits per heavy atom. The van der Waals surface area contributed by atoms with E-state index in [0.717, 1.165) is 19.3 Å². The smallest absolute Gasteiger partial charge is 0.150 e. The first-order valence-electron chi connectivity index (χ1n) is 7.41. The van der Waals surface area contributed by atoms with Crippen LogP contribution in [-0.2, 0) is 9.84 Å². The summed E-state index contributed by atoms with van der Waals surface area (Å²) in [5.41, 5.74) is 1.40. The first kappa shape index (κ1) is 16.0. The Hall–Kier alpha value is -0.350. The van der Waals surface area contributed by atoms with Gasteiger partial charge in [-0.3, -0.25) is 0 Å². The number of rotatable bonds is 5. The van der Waals surface area contributed by atoms with Crippen molar-refractivity contribution in [3.8, 4) is 0 Å². The Kier molecular flexibility index (Phi) is 5.67. The van der Waals surface area contributed by atoms with Crippen LogP contribution < -0.4 is 0 Å². The van der Waals surface area contributed by atoms with E-state index in [9.17, 15) is 8.42 Å². The van der Waals surface area contributed by atoms with Gasteiger partial charge < -0.3 is 0 Å². The van der Waals surface area contributed by atoms with Gasteiger partial charge in [0.25, 0.3) is 0 Å². The summed E-state index contributed by atoms with van der Waals surface area (Å²) in [6.07, 6.45) is 4.21. The fourth-order valence-corrected chi connectivity index (χ4v) is 4.72. The lowest BCUT2D eigenvalue weighted by atomic mass is 9.77. The minimum Gasteiger partial charge on any atom is -0.229 e. The third-order valence-electron chi connectivity index (χ3n) is 4.40. The standard InChI is InChI=1S/C16H23BrO2S/c1-2-20(18,19)11-10-15-12-14(8-9-16(15)17)13-6-4-3-5-7-13/h3-7,14-16H,2,8-12H2,1H3. The summed E-state index contributed by atoms with van der Waals surface area (Å²) in [7, 11) is -2.85. The molecule has 112 valence electrons. The number of sulfone groups is 1. The van der Waals surface area contributed by atoms with Crippen LogP contribution in [0.3, 0.4) is 0 Å². The third kappa shape index (κ3) is 4.32. The Morgan fingerprint density at radius 1 is 1.20 bits per heavy atom. The normalized spacial score (nSPS) is 27.4. The summed E-state index contributed by atoms with van der Waals surface area (Å²) in [5, 5.41) is 0. The fourth-order valence-electron chi connectivity index (χ4n) is 3.03. The van der Waals surface area contributed by atoms with Crippen molar-refractivity contribution < 1.29 is 8.42 Å². The number of benzene rings is 1. The second-order valence-corrected chi connectivity index (χ2v) is 9.37. The van der Waals surface area contributed by atoms with Gasteiger partial charge in [0.05, 0.1) is 5.75 Å². The summed E-state index contributed by atoms with van der Waals surface area (Å²) in [5.74, 6) is 1.64. The minimum atomic E-state index is -2.85. The van der Waals surface area contributed by atoms with Crippen molar-refractivity contribution in [2.45, 2.75) is 43.4 Å². The van der Waals surface area contributed by atoms with Gasteiger partial charge in [-0.05, 0) is 43.1 Å². The summed E-state index contributed by atoms with van der Waals surface area (Å²) in [6.45, 7) is 1.73. The van der Waals surface area contributed by atoms with Gasteiger partial charge in [0.1, 0.15) is 9.84 Å². The Morgan fingerprint density at radius 3 is 2.55 bits per heavy atom. The monoisotopic (exact) mass is 358 g/mol. The number of hydrogen-bond acceptors (Lipinski definition) is 2. The third-order valence-corrected chi connectivity index (χ3v) is 7.34. The molecule has 0 heterocycles. The molecule has 1 aromatic rings. The lowest BCUT2D eigenvalue weighted by molar-refractivity contribution is 0.329. The highest BCUT2D eigenvalue weighted by Gasteiger charge is 2.30. The Labute approximate surface area is 131 Å². The Bertz CT molecular complexity index is 513. The summed E-state index contributed by atoms with van der Waals surface area (Å²) < 4.78 is 23.4. The van der Waals surface area contributed by atoms with E-state index >= 15 is 0 Å². The molecule has 0 aromatic heterocycles. The van der Waals surface area contributed by atoms with Crippen LogP contribution in [0.1, 0.15) is 44.1 Å². The predicted octanol–water partition coefficient (Wildman–Crippen LogP) is 4.16. The largest absolute Gasteiger partial charge is 0.229 e. The van der Waals surface area contributed by atoms with Crippen LogP contribution in [0.2, 0.25) is 0 Å². The molecule has 1 fully saturated rings. The first-order chi connectivity index (χ1) is 9.52. The molecule has 0 bridgehead atoms. The molecule has 0 saturated heterocycles. The molecule has 0 radical (unpaired) electrons. The van der Waals surface area contributed by atoms with Crippen molar-refractivity contribution in [3.05, 3.63) is 35.9 Å². The molecule has 1 aliphatic carbocycles. The molecule has 2 nitrogen and oxygen atoms in total. The van der Waals surface area contributed by atoms with Crippen LogP contribution in [0.5, 0.6) is 0 Å². The van der Waals surface area contributed by atoms with E-state index in [-0.39, 0.29) is 5.75 Å². The van der Waals surface area contributed by atoms with Gasteiger partial charge >= 0.3 is 0 Å². The summed E-state index contributed by atoms with van der Waals surface area (Å²) in [6, 6.07) is 10.6. The molecule has 0 aliphatic heterocycles. The van der Waals surface area contributed by atoms with Crippen molar-refractivity contribution in [1.82, 2.24) is 0 Å². The SMILES string of the molecule is CCS(=O)(=O)CCC1CC(c2ccccc2)CCC1Br. The summed E-state index contributed by atoms with van der Waals surface area (Å²) in [4.78, 5) is 0.467. The molecule has 3 unspecified atom stereocenters. The van der Waals surface area contributed by atoms with Crippen LogP contribution >= 0.6 is 15.9 Å². The van der Waals surface area contributed by atoms with E-state index in [1.54, 1.807) is 6.92 Å². The minimum absolute atomic E-state index is 0.259.